The van der Waals surface area contributed by atoms with Crippen LogP contribution in [0.5, 0.6) is 0 Å². The van der Waals surface area contributed by atoms with E-state index >= 15 is 0 Å². The lowest BCUT2D eigenvalue weighted by Gasteiger charge is -2.35. The largest absolute Gasteiger partial charge is 0.315 e. The molecule has 0 aliphatic carbocycles. The van der Waals surface area contributed by atoms with Crippen molar-refractivity contribution in [3.05, 3.63) is 34.9 Å². The maximum Gasteiger partial charge on any atom is 0.0239 e. The molecule has 0 spiro atoms. The summed E-state index contributed by atoms with van der Waals surface area (Å²) in [4.78, 5) is 2.67. The Hall–Kier alpha value is -0.860. The Labute approximate surface area is 118 Å². The first-order valence-corrected chi connectivity index (χ1v) is 7.71. The first kappa shape index (κ1) is 14.5. The van der Waals surface area contributed by atoms with Gasteiger partial charge in [0.1, 0.15) is 0 Å². The van der Waals surface area contributed by atoms with Gasteiger partial charge in [0.25, 0.3) is 0 Å². The van der Waals surface area contributed by atoms with E-state index in [4.69, 9.17) is 0 Å². The van der Waals surface area contributed by atoms with Crippen LogP contribution in [0.1, 0.15) is 42.9 Å². The molecule has 1 N–H and O–H groups in total. The number of rotatable bonds is 5. The zero-order chi connectivity index (χ0) is 13.7. The van der Waals surface area contributed by atoms with Gasteiger partial charge >= 0.3 is 0 Å². The molecular weight excluding hydrogens is 232 g/mol. The van der Waals surface area contributed by atoms with Crippen LogP contribution in [0.25, 0.3) is 0 Å². The summed E-state index contributed by atoms with van der Waals surface area (Å²) >= 11 is 0. The SMILES string of the molecule is CCCN(Cc1ccc(C)cc1C)C1CCCNC1. The van der Waals surface area contributed by atoms with Gasteiger partial charge in [-0.25, -0.2) is 0 Å². The Morgan fingerprint density at radius 3 is 2.79 bits per heavy atom. The molecule has 1 aliphatic rings. The van der Waals surface area contributed by atoms with Crippen LogP contribution in [0.3, 0.4) is 0 Å². The van der Waals surface area contributed by atoms with Crippen molar-refractivity contribution in [3.8, 4) is 0 Å². The molecule has 1 atom stereocenters. The van der Waals surface area contributed by atoms with Gasteiger partial charge in [0.15, 0.2) is 0 Å². The van der Waals surface area contributed by atoms with Gasteiger partial charge in [-0.3, -0.25) is 4.90 Å². The highest BCUT2D eigenvalue weighted by atomic mass is 15.2. The van der Waals surface area contributed by atoms with E-state index in [2.05, 4.69) is 49.2 Å². The first-order chi connectivity index (χ1) is 9.20. The molecule has 1 aliphatic heterocycles. The van der Waals surface area contributed by atoms with Gasteiger partial charge in [0.2, 0.25) is 0 Å². The summed E-state index contributed by atoms with van der Waals surface area (Å²) < 4.78 is 0. The second kappa shape index (κ2) is 7.06. The van der Waals surface area contributed by atoms with E-state index in [1.54, 1.807) is 0 Å². The van der Waals surface area contributed by atoms with Crippen molar-refractivity contribution in [2.75, 3.05) is 19.6 Å². The van der Waals surface area contributed by atoms with Crippen LogP contribution in [-0.2, 0) is 6.54 Å². The van der Waals surface area contributed by atoms with Crippen LogP contribution < -0.4 is 5.32 Å². The highest BCUT2D eigenvalue weighted by Gasteiger charge is 2.20. The third kappa shape index (κ3) is 4.05. The minimum absolute atomic E-state index is 0.717. The van der Waals surface area contributed by atoms with E-state index in [-0.39, 0.29) is 0 Å². The Bertz CT molecular complexity index is 394. The summed E-state index contributed by atoms with van der Waals surface area (Å²) in [6, 6.07) is 7.57. The highest BCUT2D eigenvalue weighted by Crippen LogP contribution is 2.18. The Balaban J connectivity index is 2.06. The van der Waals surface area contributed by atoms with Crippen LogP contribution in [0.15, 0.2) is 18.2 Å². The summed E-state index contributed by atoms with van der Waals surface area (Å²) in [5.41, 5.74) is 4.29. The summed E-state index contributed by atoms with van der Waals surface area (Å²) in [7, 11) is 0. The van der Waals surface area contributed by atoms with Gasteiger partial charge in [0.05, 0.1) is 0 Å². The number of piperidine rings is 1. The Kier molecular flexibility index (Phi) is 5.41. The molecule has 2 rings (SSSR count). The molecule has 1 heterocycles. The maximum atomic E-state index is 3.54. The molecule has 19 heavy (non-hydrogen) atoms. The molecule has 0 amide bonds. The summed E-state index contributed by atoms with van der Waals surface area (Å²) in [6.45, 7) is 11.4. The quantitative estimate of drug-likeness (QED) is 0.874. The average Bonchev–Trinajstić information content (AvgIpc) is 2.42. The molecule has 0 aromatic heterocycles. The van der Waals surface area contributed by atoms with Crippen LogP contribution in [0.4, 0.5) is 0 Å². The maximum absolute atomic E-state index is 3.54. The Morgan fingerprint density at radius 2 is 2.16 bits per heavy atom. The van der Waals surface area contributed by atoms with E-state index in [1.165, 1.54) is 49.0 Å². The summed E-state index contributed by atoms with van der Waals surface area (Å²) in [5.74, 6) is 0. The molecule has 106 valence electrons. The molecule has 2 nitrogen and oxygen atoms in total. The lowest BCUT2D eigenvalue weighted by atomic mass is 10.0. The fourth-order valence-electron chi connectivity index (χ4n) is 3.07. The van der Waals surface area contributed by atoms with Gasteiger partial charge in [-0.05, 0) is 57.3 Å². The summed E-state index contributed by atoms with van der Waals surface area (Å²) in [6.07, 6.45) is 3.90. The van der Waals surface area contributed by atoms with Crippen LogP contribution in [-0.4, -0.2) is 30.6 Å². The molecule has 1 saturated heterocycles. The molecule has 0 radical (unpaired) electrons. The number of hydrogen-bond acceptors (Lipinski definition) is 2. The third-order valence-corrected chi connectivity index (χ3v) is 4.17. The molecule has 0 saturated carbocycles. The van der Waals surface area contributed by atoms with Crippen LogP contribution >= 0.6 is 0 Å². The number of hydrogen-bond donors (Lipinski definition) is 1. The first-order valence-electron chi connectivity index (χ1n) is 7.71. The van der Waals surface area contributed by atoms with Crippen molar-refractivity contribution >= 4 is 0 Å². The van der Waals surface area contributed by atoms with Crippen molar-refractivity contribution < 1.29 is 0 Å². The van der Waals surface area contributed by atoms with Crippen molar-refractivity contribution in [3.63, 3.8) is 0 Å². The zero-order valence-electron chi connectivity index (χ0n) is 12.7. The number of aryl methyl sites for hydroxylation is 2. The molecule has 2 heteroatoms. The third-order valence-electron chi connectivity index (χ3n) is 4.17. The van der Waals surface area contributed by atoms with E-state index in [9.17, 15) is 0 Å². The topological polar surface area (TPSA) is 15.3 Å². The number of benzene rings is 1. The molecule has 1 unspecified atom stereocenters. The molecule has 1 aromatic rings. The number of nitrogens with one attached hydrogen (secondary N) is 1. The van der Waals surface area contributed by atoms with Crippen molar-refractivity contribution in [2.45, 2.75) is 52.6 Å². The van der Waals surface area contributed by atoms with Crippen LogP contribution in [0.2, 0.25) is 0 Å². The lowest BCUT2D eigenvalue weighted by Crippen LogP contribution is -2.46. The van der Waals surface area contributed by atoms with Gasteiger partial charge in [-0.1, -0.05) is 30.7 Å². The number of nitrogens with zero attached hydrogens (tertiary/aromatic N) is 1. The molecule has 1 aromatic carbocycles. The van der Waals surface area contributed by atoms with Crippen molar-refractivity contribution in [2.24, 2.45) is 0 Å². The van der Waals surface area contributed by atoms with Gasteiger partial charge < -0.3 is 5.32 Å². The minimum atomic E-state index is 0.717. The second-order valence-electron chi connectivity index (χ2n) is 5.90. The monoisotopic (exact) mass is 260 g/mol. The smallest absolute Gasteiger partial charge is 0.0239 e. The van der Waals surface area contributed by atoms with Gasteiger partial charge in [0, 0.05) is 19.1 Å². The molecule has 0 bridgehead atoms. The minimum Gasteiger partial charge on any atom is -0.315 e. The van der Waals surface area contributed by atoms with Gasteiger partial charge in [-0.15, -0.1) is 0 Å². The second-order valence-corrected chi connectivity index (χ2v) is 5.90. The Morgan fingerprint density at radius 1 is 1.32 bits per heavy atom. The predicted molar refractivity (Wildman–Crippen MR) is 82.5 cm³/mol. The normalized spacial score (nSPS) is 19.9. The molecular formula is C17H28N2. The fraction of sp³-hybridized carbons (Fsp3) is 0.647. The van der Waals surface area contributed by atoms with E-state index < -0.39 is 0 Å². The van der Waals surface area contributed by atoms with Crippen molar-refractivity contribution in [1.82, 2.24) is 10.2 Å². The van der Waals surface area contributed by atoms with Crippen LogP contribution in [0, 0.1) is 13.8 Å². The average molecular weight is 260 g/mol. The predicted octanol–water partition coefficient (Wildman–Crippen LogP) is 3.27. The van der Waals surface area contributed by atoms with E-state index in [0.717, 1.165) is 19.1 Å². The van der Waals surface area contributed by atoms with Gasteiger partial charge in [-0.2, -0.15) is 0 Å². The standard InChI is InChI=1S/C17H28N2/c1-4-10-19(17-6-5-9-18-12-17)13-16-8-7-14(2)11-15(16)3/h7-8,11,17-18H,4-6,9-10,12-13H2,1-3H3. The van der Waals surface area contributed by atoms with Crippen molar-refractivity contribution in [1.29, 1.82) is 0 Å². The van der Waals surface area contributed by atoms with E-state index in [0.29, 0.717) is 0 Å². The summed E-state index contributed by atoms with van der Waals surface area (Å²) in [5, 5.41) is 3.54. The zero-order valence-corrected chi connectivity index (χ0v) is 12.7. The molecule has 1 fully saturated rings. The lowest BCUT2D eigenvalue weighted by molar-refractivity contribution is 0.157. The highest BCUT2D eigenvalue weighted by molar-refractivity contribution is 5.30. The fourth-order valence-corrected chi connectivity index (χ4v) is 3.07. The van der Waals surface area contributed by atoms with E-state index in [1.807, 2.05) is 0 Å².